The van der Waals surface area contributed by atoms with Gasteiger partial charge in [0.15, 0.2) is 0 Å². The second kappa shape index (κ2) is 5.44. The number of hydrazine groups is 1. The average molecular weight is 261 g/mol. The second-order valence-electron chi connectivity index (χ2n) is 3.19. The first-order valence-electron chi connectivity index (χ1n) is 4.58. The summed E-state index contributed by atoms with van der Waals surface area (Å²) in [5.74, 6) is 5.13. The van der Waals surface area contributed by atoms with Gasteiger partial charge in [0, 0.05) is 6.04 Å². The van der Waals surface area contributed by atoms with Crippen molar-refractivity contribution in [1.29, 1.82) is 0 Å². The highest BCUT2D eigenvalue weighted by molar-refractivity contribution is 9.10. The molecule has 1 aromatic rings. The molecular formula is C10H14BrFN2. The molecule has 1 atom stereocenters. The molecule has 1 aromatic carbocycles. The Morgan fingerprint density at radius 3 is 2.86 bits per heavy atom. The fourth-order valence-electron chi connectivity index (χ4n) is 1.29. The van der Waals surface area contributed by atoms with E-state index < -0.39 is 0 Å². The third kappa shape index (κ3) is 2.77. The van der Waals surface area contributed by atoms with Crippen LogP contribution in [-0.4, -0.2) is 6.04 Å². The Morgan fingerprint density at radius 2 is 2.29 bits per heavy atom. The van der Waals surface area contributed by atoms with Crippen LogP contribution in [0.15, 0.2) is 22.7 Å². The predicted octanol–water partition coefficient (Wildman–Crippen LogP) is 2.37. The van der Waals surface area contributed by atoms with Gasteiger partial charge in [0.2, 0.25) is 0 Å². The van der Waals surface area contributed by atoms with Crippen LogP contribution in [-0.2, 0) is 6.42 Å². The van der Waals surface area contributed by atoms with E-state index in [1.807, 2.05) is 13.0 Å². The van der Waals surface area contributed by atoms with Crippen LogP contribution in [0.25, 0.3) is 0 Å². The molecule has 0 radical (unpaired) electrons. The maximum atomic E-state index is 13.1. The van der Waals surface area contributed by atoms with E-state index in [0.29, 0.717) is 4.47 Å². The minimum Gasteiger partial charge on any atom is -0.271 e. The molecule has 1 unspecified atom stereocenters. The van der Waals surface area contributed by atoms with Crippen molar-refractivity contribution in [2.24, 2.45) is 5.84 Å². The minimum atomic E-state index is -0.227. The van der Waals surface area contributed by atoms with Crippen LogP contribution < -0.4 is 11.3 Å². The van der Waals surface area contributed by atoms with Gasteiger partial charge in [-0.15, -0.1) is 0 Å². The first-order valence-corrected chi connectivity index (χ1v) is 5.37. The van der Waals surface area contributed by atoms with Gasteiger partial charge in [-0.3, -0.25) is 11.3 Å². The van der Waals surface area contributed by atoms with E-state index in [9.17, 15) is 4.39 Å². The maximum absolute atomic E-state index is 13.1. The van der Waals surface area contributed by atoms with Crippen LogP contribution in [0.4, 0.5) is 4.39 Å². The average Bonchev–Trinajstić information content (AvgIpc) is 2.20. The van der Waals surface area contributed by atoms with Crippen LogP contribution in [0, 0.1) is 5.82 Å². The van der Waals surface area contributed by atoms with Gasteiger partial charge >= 0.3 is 0 Å². The summed E-state index contributed by atoms with van der Waals surface area (Å²) in [5.41, 5.74) is 3.64. The molecule has 0 heterocycles. The maximum Gasteiger partial charge on any atom is 0.137 e. The van der Waals surface area contributed by atoms with Gasteiger partial charge < -0.3 is 0 Å². The monoisotopic (exact) mass is 260 g/mol. The van der Waals surface area contributed by atoms with Crippen molar-refractivity contribution in [2.75, 3.05) is 0 Å². The Morgan fingerprint density at radius 1 is 1.57 bits per heavy atom. The molecular weight excluding hydrogens is 247 g/mol. The lowest BCUT2D eigenvalue weighted by molar-refractivity contribution is 0.508. The lowest BCUT2D eigenvalue weighted by Gasteiger charge is -2.14. The SMILES string of the molecule is CCC(Cc1cccc(F)c1Br)NN. The van der Waals surface area contributed by atoms with Crippen molar-refractivity contribution in [2.45, 2.75) is 25.8 Å². The van der Waals surface area contributed by atoms with Crippen LogP contribution >= 0.6 is 15.9 Å². The quantitative estimate of drug-likeness (QED) is 0.645. The molecule has 0 bridgehead atoms. The standard InChI is InChI=1S/C10H14BrFN2/c1-2-8(14-13)6-7-4-3-5-9(12)10(7)11/h3-5,8,14H,2,6,13H2,1H3. The summed E-state index contributed by atoms with van der Waals surface area (Å²) >= 11 is 3.22. The number of nitrogens with one attached hydrogen (secondary N) is 1. The third-order valence-corrected chi connectivity index (χ3v) is 3.11. The zero-order valence-electron chi connectivity index (χ0n) is 8.06. The molecule has 0 spiro atoms. The van der Waals surface area contributed by atoms with Gasteiger partial charge in [-0.1, -0.05) is 19.1 Å². The van der Waals surface area contributed by atoms with E-state index in [0.717, 1.165) is 18.4 Å². The van der Waals surface area contributed by atoms with Gasteiger partial charge in [-0.2, -0.15) is 0 Å². The van der Waals surface area contributed by atoms with Gasteiger partial charge in [0.05, 0.1) is 4.47 Å². The summed E-state index contributed by atoms with van der Waals surface area (Å²) < 4.78 is 13.7. The van der Waals surface area contributed by atoms with Gasteiger partial charge in [0.1, 0.15) is 5.82 Å². The summed E-state index contributed by atoms with van der Waals surface area (Å²) in [6.07, 6.45) is 1.64. The highest BCUT2D eigenvalue weighted by atomic mass is 79.9. The van der Waals surface area contributed by atoms with Crippen molar-refractivity contribution in [3.8, 4) is 0 Å². The largest absolute Gasteiger partial charge is 0.271 e. The highest BCUT2D eigenvalue weighted by Gasteiger charge is 2.09. The Bertz CT molecular complexity index is 300. The Kier molecular flexibility index (Phi) is 4.51. The topological polar surface area (TPSA) is 38.0 Å². The fourth-order valence-corrected chi connectivity index (χ4v) is 1.72. The molecule has 0 aliphatic carbocycles. The van der Waals surface area contributed by atoms with E-state index in [1.54, 1.807) is 6.07 Å². The predicted molar refractivity (Wildman–Crippen MR) is 59.2 cm³/mol. The molecule has 0 aromatic heterocycles. The number of hydrogen-bond donors (Lipinski definition) is 2. The Hall–Kier alpha value is -0.450. The van der Waals surface area contributed by atoms with Gasteiger partial charge in [-0.25, -0.2) is 4.39 Å². The van der Waals surface area contributed by atoms with E-state index in [4.69, 9.17) is 5.84 Å². The second-order valence-corrected chi connectivity index (χ2v) is 3.98. The van der Waals surface area contributed by atoms with Crippen molar-refractivity contribution >= 4 is 15.9 Å². The summed E-state index contributed by atoms with van der Waals surface area (Å²) in [4.78, 5) is 0. The first kappa shape index (κ1) is 11.6. The number of rotatable bonds is 4. The molecule has 1 rings (SSSR count). The number of benzene rings is 1. The number of halogens is 2. The molecule has 2 nitrogen and oxygen atoms in total. The molecule has 0 saturated heterocycles. The Labute approximate surface area is 91.8 Å². The van der Waals surface area contributed by atoms with Gasteiger partial charge in [-0.05, 0) is 40.4 Å². The minimum absolute atomic E-state index is 0.188. The third-order valence-electron chi connectivity index (χ3n) is 2.23. The summed E-state index contributed by atoms with van der Waals surface area (Å²) in [5, 5.41) is 0. The van der Waals surface area contributed by atoms with Crippen molar-refractivity contribution in [3.05, 3.63) is 34.1 Å². The zero-order valence-corrected chi connectivity index (χ0v) is 9.64. The molecule has 0 aliphatic rings. The van der Waals surface area contributed by atoms with Crippen LogP contribution in [0.3, 0.4) is 0 Å². The van der Waals surface area contributed by atoms with Crippen LogP contribution in [0.2, 0.25) is 0 Å². The molecule has 4 heteroatoms. The van der Waals surface area contributed by atoms with Gasteiger partial charge in [0.25, 0.3) is 0 Å². The lowest BCUT2D eigenvalue weighted by atomic mass is 10.0. The molecule has 0 saturated carbocycles. The number of hydrogen-bond acceptors (Lipinski definition) is 2. The van der Waals surface area contributed by atoms with Crippen LogP contribution in [0.5, 0.6) is 0 Å². The van der Waals surface area contributed by atoms with E-state index >= 15 is 0 Å². The fraction of sp³-hybridized carbons (Fsp3) is 0.400. The van der Waals surface area contributed by atoms with Crippen molar-refractivity contribution in [1.82, 2.24) is 5.43 Å². The molecule has 3 N–H and O–H groups in total. The summed E-state index contributed by atoms with van der Waals surface area (Å²) in [7, 11) is 0. The molecule has 14 heavy (non-hydrogen) atoms. The normalized spacial score (nSPS) is 12.9. The lowest BCUT2D eigenvalue weighted by Crippen LogP contribution is -2.36. The van der Waals surface area contributed by atoms with Crippen LogP contribution in [0.1, 0.15) is 18.9 Å². The van der Waals surface area contributed by atoms with Crippen molar-refractivity contribution < 1.29 is 4.39 Å². The van der Waals surface area contributed by atoms with Crippen molar-refractivity contribution in [3.63, 3.8) is 0 Å². The van der Waals surface area contributed by atoms with E-state index in [2.05, 4.69) is 21.4 Å². The smallest absolute Gasteiger partial charge is 0.137 e. The molecule has 0 aliphatic heterocycles. The Balaban J connectivity index is 2.80. The highest BCUT2D eigenvalue weighted by Crippen LogP contribution is 2.21. The number of nitrogens with two attached hydrogens (primary N) is 1. The summed E-state index contributed by atoms with van der Waals surface area (Å²) in [6, 6.07) is 5.23. The molecule has 0 amide bonds. The molecule has 0 fully saturated rings. The first-order chi connectivity index (χ1) is 6.69. The van der Waals surface area contributed by atoms with E-state index in [-0.39, 0.29) is 11.9 Å². The molecule has 78 valence electrons. The summed E-state index contributed by atoms with van der Waals surface area (Å²) in [6.45, 7) is 2.04. The zero-order chi connectivity index (χ0) is 10.6. The van der Waals surface area contributed by atoms with E-state index in [1.165, 1.54) is 6.07 Å².